The summed E-state index contributed by atoms with van der Waals surface area (Å²) in [6.07, 6.45) is 2.16. The van der Waals surface area contributed by atoms with Crippen molar-refractivity contribution in [1.82, 2.24) is 4.90 Å². The van der Waals surface area contributed by atoms with E-state index < -0.39 is 11.6 Å². The monoisotopic (exact) mass is 215 g/mol. The topological polar surface area (TPSA) is 60.8 Å². The molecule has 2 N–H and O–H groups in total. The number of hydrogen-bond donors (Lipinski definition) is 2. The molecule has 0 aliphatic carbocycles. The number of β-amino-alcohol motifs (C(OH)–C–C–N with tert-alkyl or cyclic N) is 1. The lowest BCUT2D eigenvalue weighted by Crippen LogP contribution is -2.51. The van der Waals surface area contributed by atoms with Crippen LogP contribution in [-0.2, 0) is 4.79 Å². The average Bonchev–Trinajstić information content (AvgIpc) is 2.09. The summed E-state index contributed by atoms with van der Waals surface area (Å²) in [6, 6.07) is 0.361. The van der Waals surface area contributed by atoms with Crippen molar-refractivity contribution in [1.29, 1.82) is 0 Å². The van der Waals surface area contributed by atoms with Gasteiger partial charge < -0.3 is 10.2 Å². The van der Waals surface area contributed by atoms with Gasteiger partial charge in [-0.1, -0.05) is 6.92 Å². The average molecular weight is 215 g/mol. The molecule has 88 valence electrons. The van der Waals surface area contributed by atoms with Crippen LogP contribution in [-0.4, -0.2) is 45.8 Å². The van der Waals surface area contributed by atoms with Gasteiger partial charge in [0.15, 0.2) is 5.60 Å². The quantitative estimate of drug-likeness (QED) is 0.735. The number of aliphatic hydroxyl groups is 1. The van der Waals surface area contributed by atoms with Crippen LogP contribution in [0.5, 0.6) is 0 Å². The lowest BCUT2D eigenvalue weighted by molar-refractivity contribution is -0.159. The van der Waals surface area contributed by atoms with Gasteiger partial charge in [0.25, 0.3) is 0 Å². The van der Waals surface area contributed by atoms with Gasteiger partial charge in [-0.15, -0.1) is 0 Å². The third-order valence-corrected chi connectivity index (χ3v) is 3.25. The van der Waals surface area contributed by atoms with Crippen molar-refractivity contribution >= 4 is 5.97 Å². The zero-order valence-corrected chi connectivity index (χ0v) is 9.73. The SMILES string of the molecule is CC1CCN(CC(C)(O)C(=O)O)C(C)C1. The van der Waals surface area contributed by atoms with Crippen molar-refractivity contribution in [3.8, 4) is 0 Å². The molecule has 3 atom stereocenters. The Kier molecular flexibility index (Phi) is 3.73. The zero-order valence-electron chi connectivity index (χ0n) is 9.73. The van der Waals surface area contributed by atoms with Gasteiger partial charge in [0.1, 0.15) is 0 Å². The van der Waals surface area contributed by atoms with Crippen LogP contribution in [0.1, 0.15) is 33.6 Å². The maximum atomic E-state index is 10.8. The lowest BCUT2D eigenvalue weighted by atomic mass is 9.92. The molecule has 15 heavy (non-hydrogen) atoms. The molecule has 0 aromatic heterocycles. The minimum Gasteiger partial charge on any atom is -0.479 e. The molecule has 0 saturated carbocycles. The number of piperidine rings is 1. The first-order valence-electron chi connectivity index (χ1n) is 5.52. The van der Waals surface area contributed by atoms with Crippen molar-refractivity contribution in [3.63, 3.8) is 0 Å². The van der Waals surface area contributed by atoms with Crippen LogP contribution in [0.2, 0.25) is 0 Å². The second-order valence-electron chi connectivity index (χ2n) is 5.03. The molecule has 1 aliphatic heterocycles. The second-order valence-corrected chi connectivity index (χ2v) is 5.03. The van der Waals surface area contributed by atoms with E-state index in [0.29, 0.717) is 12.0 Å². The summed E-state index contributed by atoms with van der Waals surface area (Å²) in [5.74, 6) is -0.445. The van der Waals surface area contributed by atoms with Crippen molar-refractivity contribution in [2.45, 2.75) is 45.3 Å². The van der Waals surface area contributed by atoms with Gasteiger partial charge in [0, 0.05) is 12.6 Å². The van der Waals surface area contributed by atoms with E-state index in [0.717, 1.165) is 19.4 Å². The van der Waals surface area contributed by atoms with E-state index in [2.05, 4.69) is 18.7 Å². The first-order chi connectivity index (χ1) is 6.83. The molecule has 0 radical (unpaired) electrons. The fourth-order valence-electron chi connectivity index (χ4n) is 2.15. The molecule has 0 aromatic carbocycles. The van der Waals surface area contributed by atoms with E-state index in [1.165, 1.54) is 6.92 Å². The Morgan fingerprint density at radius 1 is 1.53 bits per heavy atom. The van der Waals surface area contributed by atoms with Crippen LogP contribution < -0.4 is 0 Å². The summed E-state index contributed by atoms with van der Waals surface area (Å²) in [7, 11) is 0. The predicted octanol–water partition coefficient (Wildman–Crippen LogP) is 0.942. The van der Waals surface area contributed by atoms with Crippen molar-refractivity contribution in [2.24, 2.45) is 5.92 Å². The standard InChI is InChI=1S/C11H21NO3/c1-8-4-5-12(9(2)6-8)7-11(3,15)10(13)14/h8-9,15H,4-7H2,1-3H3,(H,13,14). The Hall–Kier alpha value is -0.610. The Morgan fingerprint density at radius 3 is 2.60 bits per heavy atom. The minimum atomic E-state index is -1.63. The van der Waals surface area contributed by atoms with Gasteiger partial charge in [0.05, 0.1) is 0 Å². The van der Waals surface area contributed by atoms with Crippen molar-refractivity contribution < 1.29 is 15.0 Å². The zero-order chi connectivity index (χ0) is 11.6. The highest BCUT2D eigenvalue weighted by molar-refractivity contribution is 5.76. The lowest BCUT2D eigenvalue weighted by Gasteiger charge is -2.39. The molecule has 1 fully saturated rings. The van der Waals surface area contributed by atoms with Gasteiger partial charge in [-0.05, 0) is 39.2 Å². The highest BCUT2D eigenvalue weighted by atomic mass is 16.4. The molecule has 3 unspecified atom stereocenters. The molecule has 0 amide bonds. The first kappa shape index (κ1) is 12.5. The fourth-order valence-corrected chi connectivity index (χ4v) is 2.15. The fraction of sp³-hybridized carbons (Fsp3) is 0.909. The minimum absolute atomic E-state index is 0.218. The van der Waals surface area contributed by atoms with Gasteiger partial charge in [-0.25, -0.2) is 4.79 Å². The largest absolute Gasteiger partial charge is 0.479 e. The number of carboxylic acid groups (broad SMARTS) is 1. The summed E-state index contributed by atoms with van der Waals surface area (Å²) in [5, 5.41) is 18.5. The Bertz CT molecular complexity index is 240. The molecule has 4 nitrogen and oxygen atoms in total. The predicted molar refractivity (Wildman–Crippen MR) is 57.7 cm³/mol. The molecule has 4 heteroatoms. The summed E-state index contributed by atoms with van der Waals surface area (Å²) in [6.45, 7) is 6.76. The van der Waals surface area contributed by atoms with Crippen LogP contribution in [0.15, 0.2) is 0 Å². The van der Waals surface area contributed by atoms with E-state index in [1.807, 2.05) is 0 Å². The van der Waals surface area contributed by atoms with Crippen LogP contribution >= 0.6 is 0 Å². The number of hydrogen-bond acceptors (Lipinski definition) is 3. The number of carbonyl (C=O) groups is 1. The van der Waals surface area contributed by atoms with E-state index in [1.54, 1.807) is 0 Å². The van der Waals surface area contributed by atoms with Crippen molar-refractivity contribution in [2.75, 3.05) is 13.1 Å². The number of aliphatic carboxylic acids is 1. The maximum absolute atomic E-state index is 10.8. The summed E-state index contributed by atoms with van der Waals surface area (Å²) < 4.78 is 0. The molecule has 1 heterocycles. The molecular formula is C11H21NO3. The highest BCUT2D eigenvalue weighted by Crippen LogP contribution is 2.23. The molecule has 1 saturated heterocycles. The van der Waals surface area contributed by atoms with Crippen LogP contribution in [0, 0.1) is 5.92 Å². The molecule has 0 bridgehead atoms. The molecular weight excluding hydrogens is 194 g/mol. The third kappa shape index (κ3) is 3.18. The number of carboxylic acids is 1. The van der Waals surface area contributed by atoms with E-state index in [9.17, 15) is 9.90 Å². The molecule has 0 spiro atoms. The van der Waals surface area contributed by atoms with Gasteiger partial charge in [-0.3, -0.25) is 4.90 Å². The number of nitrogens with zero attached hydrogens (tertiary/aromatic N) is 1. The Morgan fingerprint density at radius 2 is 2.13 bits per heavy atom. The van der Waals surface area contributed by atoms with E-state index in [4.69, 9.17) is 5.11 Å². The number of likely N-dealkylation sites (tertiary alicyclic amines) is 1. The van der Waals surface area contributed by atoms with Crippen LogP contribution in [0.3, 0.4) is 0 Å². The Balaban J connectivity index is 2.55. The second kappa shape index (κ2) is 4.49. The highest BCUT2D eigenvalue weighted by Gasteiger charge is 2.35. The maximum Gasteiger partial charge on any atom is 0.336 e. The Labute approximate surface area is 90.9 Å². The molecule has 1 aliphatic rings. The third-order valence-electron chi connectivity index (χ3n) is 3.25. The summed E-state index contributed by atoms with van der Waals surface area (Å²) >= 11 is 0. The van der Waals surface area contributed by atoms with Crippen LogP contribution in [0.25, 0.3) is 0 Å². The van der Waals surface area contributed by atoms with Gasteiger partial charge in [-0.2, -0.15) is 0 Å². The van der Waals surface area contributed by atoms with Crippen LogP contribution in [0.4, 0.5) is 0 Å². The van der Waals surface area contributed by atoms with E-state index in [-0.39, 0.29) is 6.54 Å². The first-order valence-corrected chi connectivity index (χ1v) is 5.52. The molecule has 0 aromatic rings. The van der Waals surface area contributed by atoms with Crippen molar-refractivity contribution in [3.05, 3.63) is 0 Å². The molecule has 1 rings (SSSR count). The van der Waals surface area contributed by atoms with Gasteiger partial charge >= 0.3 is 5.97 Å². The number of rotatable bonds is 3. The smallest absolute Gasteiger partial charge is 0.336 e. The van der Waals surface area contributed by atoms with E-state index >= 15 is 0 Å². The normalized spacial score (nSPS) is 32.3. The van der Waals surface area contributed by atoms with Gasteiger partial charge in [0.2, 0.25) is 0 Å². The summed E-state index contributed by atoms with van der Waals surface area (Å²) in [5.41, 5.74) is -1.63. The summed E-state index contributed by atoms with van der Waals surface area (Å²) in [4.78, 5) is 12.9.